The summed E-state index contributed by atoms with van der Waals surface area (Å²) in [6.45, 7) is 4.11. The highest BCUT2D eigenvalue weighted by Crippen LogP contribution is 2.25. The molecule has 2 rings (SSSR count). The van der Waals surface area contributed by atoms with E-state index in [-0.39, 0.29) is 11.9 Å². The average Bonchev–Trinajstić information content (AvgIpc) is 2.49. The van der Waals surface area contributed by atoms with Crippen molar-refractivity contribution in [3.8, 4) is 0 Å². The number of anilines is 2. The van der Waals surface area contributed by atoms with Gasteiger partial charge in [0.1, 0.15) is 23.8 Å². The second-order valence-electron chi connectivity index (χ2n) is 4.97. The molecule has 2 aromatic rings. The molecule has 1 heterocycles. The summed E-state index contributed by atoms with van der Waals surface area (Å²) in [4.78, 5) is 8.59. The van der Waals surface area contributed by atoms with Crippen LogP contribution in [0.2, 0.25) is 0 Å². The van der Waals surface area contributed by atoms with Gasteiger partial charge in [-0.1, -0.05) is 25.5 Å². The molecule has 1 unspecified atom stereocenters. The van der Waals surface area contributed by atoms with Crippen molar-refractivity contribution >= 4 is 11.6 Å². The fourth-order valence-corrected chi connectivity index (χ4v) is 2.30. The fourth-order valence-electron chi connectivity index (χ4n) is 2.30. The first-order chi connectivity index (χ1) is 10.2. The molecule has 0 fully saturated rings. The number of benzene rings is 1. The van der Waals surface area contributed by atoms with Crippen LogP contribution in [0.25, 0.3) is 0 Å². The van der Waals surface area contributed by atoms with Crippen LogP contribution < -0.4 is 10.6 Å². The van der Waals surface area contributed by atoms with Crippen molar-refractivity contribution in [2.75, 3.05) is 17.7 Å². The molecule has 1 atom stereocenters. The maximum absolute atomic E-state index is 13.3. The summed E-state index contributed by atoms with van der Waals surface area (Å²) in [5.41, 5.74) is 1.95. The number of aromatic nitrogens is 2. The van der Waals surface area contributed by atoms with Crippen LogP contribution in [0.4, 0.5) is 16.0 Å². The monoisotopic (exact) mass is 288 g/mol. The first-order valence-corrected chi connectivity index (χ1v) is 7.19. The Bertz CT molecular complexity index is 601. The Hall–Kier alpha value is -2.17. The molecular formula is C16H21FN4. The molecule has 0 amide bonds. The third-order valence-corrected chi connectivity index (χ3v) is 3.38. The molecule has 2 N–H and O–H groups in total. The molecule has 4 nitrogen and oxygen atoms in total. The largest absolute Gasteiger partial charge is 0.373 e. The number of nitrogens with zero attached hydrogens (tertiary/aromatic N) is 2. The second-order valence-corrected chi connectivity index (χ2v) is 4.97. The summed E-state index contributed by atoms with van der Waals surface area (Å²) in [5.74, 6) is 1.40. The zero-order chi connectivity index (χ0) is 15.2. The first-order valence-electron chi connectivity index (χ1n) is 7.19. The van der Waals surface area contributed by atoms with E-state index >= 15 is 0 Å². The van der Waals surface area contributed by atoms with Crippen molar-refractivity contribution in [3.05, 3.63) is 47.5 Å². The van der Waals surface area contributed by atoms with Gasteiger partial charge in [0.15, 0.2) is 0 Å². The standard InChI is InChI=1S/C16H21FN4/c1-4-6-14-15(18-3)19-10-20-16(14)21-11(2)12-7-5-8-13(17)9-12/h5,7-11H,4,6H2,1-3H3,(H2,18,19,20,21). The lowest BCUT2D eigenvalue weighted by atomic mass is 10.1. The van der Waals surface area contributed by atoms with Crippen molar-refractivity contribution in [1.82, 2.24) is 9.97 Å². The second kappa shape index (κ2) is 7.02. The SMILES string of the molecule is CCCc1c(NC)ncnc1NC(C)c1cccc(F)c1. The van der Waals surface area contributed by atoms with Gasteiger partial charge >= 0.3 is 0 Å². The molecule has 0 aliphatic rings. The van der Waals surface area contributed by atoms with Gasteiger partial charge < -0.3 is 10.6 Å². The molecule has 112 valence electrons. The molecule has 21 heavy (non-hydrogen) atoms. The topological polar surface area (TPSA) is 49.8 Å². The smallest absolute Gasteiger partial charge is 0.135 e. The van der Waals surface area contributed by atoms with Gasteiger partial charge in [0.25, 0.3) is 0 Å². The summed E-state index contributed by atoms with van der Waals surface area (Å²) in [5, 5.41) is 6.45. The number of nitrogens with one attached hydrogen (secondary N) is 2. The molecule has 1 aromatic carbocycles. The first kappa shape index (κ1) is 15.2. The molecule has 0 radical (unpaired) electrons. The van der Waals surface area contributed by atoms with E-state index in [0.29, 0.717) is 0 Å². The Balaban J connectivity index is 2.26. The lowest BCUT2D eigenvalue weighted by molar-refractivity contribution is 0.623. The Labute approximate surface area is 124 Å². The molecule has 0 saturated heterocycles. The third kappa shape index (κ3) is 3.68. The molecular weight excluding hydrogens is 267 g/mol. The van der Waals surface area contributed by atoms with Crippen molar-refractivity contribution in [2.45, 2.75) is 32.7 Å². The number of hydrogen-bond acceptors (Lipinski definition) is 4. The maximum Gasteiger partial charge on any atom is 0.135 e. The number of rotatable bonds is 6. The summed E-state index contributed by atoms with van der Waals surface area (Å²) < 4.78 is 13.3. The van der Waals surface area contributed by atoms with Crippen LogP contribution in [0.5, 0.6) is 0 Å². The predicted octanol–water partition coefficient (Wildman–Crippen LogP) is 3.78. The van der Waals surface area contributed by atoms with Crippen molar-refractivity contribution in [2.24, 2.45) is 0 Å². The zero-order valence-corrected chi connectivity index (χ0v) is 12.7. The van der Waals surface area contributed by atoms with Crippen LogP contribution in [-0.4, -0.2) is 17.0 Å². The van der Waals surface area contributed by atoms with Gasteiger partial charge in [-0.2, -0.15) is 0 Å². The van der Waals surface area contributed by atoms with Gasteiger partial charge in [0.2, 0.25) is 0 Å². The highest BCUT2D eigenvalue weighted by atomic mass is 19.1. The van der Waals surface area contributed by atoms with E-state index in [1.165, 1.54) is 18.5 Å². The van der Waals surface area contributed by atoms with Gasteiger partial charge in [0.05, 0.1) is 6.04 Å². The zero-order valence-electron chi connectivity index (χ0n) is 12.7. The van der Waals surface area contributed by atoms with Gasteiger partial charge in [-0.15, -0.1) is 0 Å². The van der Waals surface area contributed by atoms with E-state index < -0.39 is 0 Å². The lowest BCUT2D eigenvalue weighted by Crippen LogP contribution is -2.12. The molecule has 0 saturated carbocycles. The number of hydrogen-bond donors (Lipinski definition) is 2. The minimum absolute atomic E-state index is 0.0316. The molecule has 0 aliphatic heterocycles. The minimum Gasteiger partial charge on any atom is -0.373 e. The number of halogens is 1. The van der Waals surface area contributed by atoms with Crippen LogP contribution in [0.3, 0.4) is 0 Å². The van der Waals surface area contributed by atoms with Crippen molar-refractivity contribution in [1.29, 1.82) is 0 Å². The summed E-state index contributed by atoms with van der Waals surface area (Å²) in [6.07, 6.45) is 3.42. The third-order valence-electron chi connectivity index (χ3n) is 3.38. The highest BCUT2D eigenvalue weighted by Gasteiger charge is 2.13. The maximum atomic E-state index is 13.3. The Morgan fingerprint density at radius 3 is 2.67 bits per heavy atom. The van der Waals surface area contributed by atoms with E-state index in [1.807, 2.05) is 20.0 Å². The Kier molecular flexibility index (Phi) is 5.09. The van der Waals surface area contributed by atoms with Crippen LogP contribution >= 0.6 is 0 Å². The van der Waals surface area contributed by atoms with Crippen LogP contribution in [-0.2, 0) is 6.42 Å². The molecule has 1 aromatic heterocycles. The molecule has 0 spiro atoms. The molecule has 5 heteroatoms. The Morgan fingerprint density at radius 2 is 2.00 bits per heavy atom. The van der Waals surface area contributed by atoms with Crippen LogP contribution in [0, 0.1) is 5.82 Å². The summed E-state index contributed by atoms with van der Waals surface area (Å²) in [6, 6.07) is 6.57. The van der Waals surface area contributed by atoms with Crippen LogP contribution in [0.15, 0.2) is 30.6 Å². The van der Waals surface area contributed by atoms with E-state index in [0.717, 1.165) is 35.6 Å². The van der Waals surface area contributed by atoms with Gasteiger partial charge in [-0.05, 0) is 31.0 Å². The quantitative estimate of drug-likeness (QED) is 0.849. The van der Waals surface area contributed by atoms with E-state index in [2.05, 4.69) is 27.5 Å². The Morgan fingerprint density at radius 1 is 1.24 bits per heavy atom. The van der Waals surface area contributed by atoms with Crippen LogP contribution in [0.1, 0.15) is 37.4 Å². The normalized spacial score (nSPS) is 12.0. The van der Waals surface area contributed by atoms with Gasteiger partial charge in [-0.3, -0.25) is 0 Å². The van der Waals surface area contributed by atoms with E-state index in [9.17, 15) is 4.39 Å². The van der Waals surface area contributed by atoms with Gasteiger partial charge in [-0.25, -0.2) is 14.4 Å². The molecule has 0 bridgehead atoms. The van der Waals surface area contributed by atoms with Crippen molar-refractivity contribution in [3.63, 3.8) is 0 Å². The summed E-state index contributed by atoms with van der Waals surface area (Å²) >= 11 is 0. The minimum atomic E-state index is -0.228. The van der Waals surface area contributed by atoms with E-state index in [1.54, 1.807) is 6.07 Å². The summed E-state index contributed by atoms with van der Waals surface area (Å²) in [7, 11) is 1.85. The highest BCUT2D eigenvalue weighted by molar-refractivity contribution is 5.58. The van der Waals surface area contributed by atoms with Gasteiger partial charge in [0, 0.05) is 12.6 Å². The van der Waals surface area contributed by atoms with E-state index in [4.69, 9.17) is 0 Å². The lowest BCUT2D eigenvalue weighted by Gasteiger charge is -2.19. The van der Waals surface area contributed by atoms with Crippen molar-refractivity contribution < 1.29 is 4.39 Å². The predicted molar refractivity (Wildman–Crippen MR) is 84.0 cm³/mol. The molecule has 0 aliphatic carbocycles. The fraction of sp³-hybridized carbons (Fsp3) is 0.375. The average molecular weight is 288 g/mol.